The van der Waals surface area contributed by atoms with Crippen molar-refractivity contribution in [3.05, 3.63) is 66.0 Å². The van der Waals surface area contributed by atoms with Crippen LogP contribution in [0.25, 0.3) is 22.1 Å². The number of nitrogens with one attached hydrogen (secondary N) is 1. The van der Waals surface area contributed by atoms with Crippen molar-refractivity contribution in [2.75, 3.05) is 5.32 Å². The van der Waals surface area contributed by atoms with Crippen LogP contribution in [0.15, 0.2) is 59.0 Å². The second-order valence-electron chi connectivity index (χ2n) is 5.70. The Kier molecular flexibility index (Phi) is 3.57. The molecule has 1 N–H and O–H groups in total. The van der Waals surface area contributed by atoms with E-state index in [-0.39, 0.29) is 0 Å². The highest BCUT2D eigenvalue weighted by atomic mass is 16.4. The standard InChI is InChI=1S/C19H15N3O3/c1-11-20-16-13-9-5-6-10-14(13)25-17(16)18(21-11)22-15(19(23)24)12-7-3-2-4-8-12/h2-10,15H,1H3,(H,23,24)(H,20,21,22)/p-1/t15-/m0/s1. The van der Waals surface area contributed by atoms with E-state index in [4.69, 9.17) is 4.42 Å². The summed E-state index contributed by atoms with van der Waals surface area (Å²) in [7, 11) is 0. The van der Waals surface area contributed by atoms with Gasteiger partial charge in [0.15, 0.2) is 11.4 Å². The van der Waals surface area contributed by atoms with Crippen LogP contribution in [-0.4, -0.2) is 15.9 Å². The maximum Gasteiger partial charge on any atom is 0.196 e. The fourth-order valence-electron chi connectivity index (χ4n) is 2.86. The molecule has 0 radical (unpaired) electrons. The number of fused-ring (bicyclic) bond motifs is 3. The number of carbonyl (C=O) groups is 1. The third-order valence-electron chi connectivity index (χ3n) is 3.98. The normalized spacial score (nSPS) is 12.4. The largest absolute Gasteiger partial charge is 0.548 e. The molecule has 0 aliphatic carbocycles. The van der Waals surface area contributed by atoms with Gasteiger partial charge >= 0.3 is 0 Å². The number of carbonyl (C=O) groups excluding carboxylic acids is 1. The summed E-state index contributed by atoms with van der Waals surface area (Å²) >= 11 is 0. The fraction of sp³-hybridized carbons (Fsp3) is 0.105. The van der Waals surface area contributed by atoms with Crippen LogP contribution in [0.4, 0.5) is 5.82 Å². The van der Waals surface area contributed by atoms with Gasteiger partial charge in [-0.2, -0.15) is 0 Å². The molecule has 124 valence electrons. The molecule has 0 aliphatic heterocycles. The van der Waals surface area contributed by atoms with Crippen LogP contribution in [0.3, 0.4) is 0 Å². The van der Waals surface area contributed by atoms with Crippen LogP contribution in [0.1, 0.15) is 17.4 Å². The van der Waals surface area contributed by atoms with Gasteiger partial charge in [0.2, 0.25) is 0 Å². The number of rotatable bonds is 4. The molecule has 0 unspecified atom stereocenters. The Bertz CT molecular complexity index is 1070. The number of aromatic nitrogens is 2. The van der Waals surface area contributed by atoms with E-state index in [1.807, 2.05) is 30.3 Å². The molecule has 0 bridgehead atoms. The minimum absolute atomic E-state index is 0.330. The Morgan fingerprint density at radius 3 is 2.56 bits per heavy atom. The van der Waals surface area contributed by atoms with Crippen molar-refractivity contribution in [2.45, 2.75) is 13.0 Å². The number of hydrogen-bond donors (Lipinski definition) is 1. The lowest BCUT2D eigenvalue weighted by molar-refractivity contribution is -0.307. The second-order valence-corrected chi connectivity index (χ2v) is 5.70. The number of aryl methyl sites for hydroxylation is 1. The zero-order valence-electron chi connectivity index (χ0n) is 13.4. The smallest absolute Gasteiger partial charge is 0.196 e. The number of hydrogen-bond acceptors (Lipinski definition) is 6. The van der Waals surface area contributed by atoms with Crippen molar-refractivity contribution in [1.82, 2.24) is 9.97 Å². The van der Waals surface area contributed by atoms with Gasteiger partial charge < -0.3 is 19.6 Å². The Labute approximate surface area is 143 Å². The van der Waals surface area contributed by atoms with Crippen molar-refractivity contribution < 1.29 is 14.3 Å². The van der Waals surface area contributed by atoms with Crippen molar-refractivity contribution in [3.63, 3.8) is 0 Å². The monoisotopic (exact) mass is 332 g/mol. The SMILES string of the molecule is Cc1nc(N[C@H](C(=O)[O-])c2ccccc2)c2oc3ccccc3c2n1. The summed E-state index contributed by atoms with van der Waals surface area (Å²) in [6.45, 7) is 1.75. The lowest BCUT2D eigenvalue weighted by atomic mass is 10.1. The number of nitrogens with zero attached hydrogens (tertiary/aromatic N) is 2. The van der Waals surface area contributed by atoms with Crippen LogP contribution in [0, 0.1) is 6.92 Å². The molecule has 0 spiro atoms. The van der Waals surface area contributed by atoms with E-state index in [0.29, 0.717) is 33.9 Å². The first-order chi connectivity index (χ1) is 12.1. The average molecular weight is 332 g/mol. The first-order valence-corrected chi connectivity index (χ1v) is 7.81. The molecule has 1 atom stereocenters. The number of furan rings is 1. The van der Waals surface area contributed by atoms with Gasteiger partial charge in [0.25, 0.3) is 0 Å². The molecule has 6 nitrogen and oxygen atoms in total. The van der Waals surface area contributed by atoms with Gasteiger partial charge in [-0.25, -0.2) is 9.97 Å². The Morgan fingerprint density at radius 1 is 1.08 bits per heavy atom. The molecule has 0 aliphatic rings. The molecule has 2 heterocycles. The van der Waals surface area contributed by atoms with E-state index in [1.165, 1.54) is 0 Å². The average Bonchev–Trinajstić information content (AvgIpc) is 2.99. The third-order valence-corrected chi connectivity index (χ3v) is 3.98. The van der Waals surface area contributed by atoms with Crippen molar-refractivity contribution in [3.8, 4) is 0 Å². The van der Waals surface area contributed by atoms with Gasteiger partial charge in [0, 0.05) is 5.39 Å². The van der Waals surface area contributed by atoms with Gasteiger partial charge in [-0.3, -0.25) is 0 Å². The van der Waals surface area contributed by atoms with Gasteiger partial charge in [0.05, 0.1) is 12.0 Å². The molecule has 2 aromatic heterocycles. The molecule has 4 aromatic rings. The summed E-state index contributed by atoms with van der Waals surface area (Å²) in [6.07, 6.45) is 0. The summed E-state index contributed by atoms with van der Waals surface area (Å²) in [5, 5.41) is 15.4. The van der Waals surface area contributed by atoms with Gasteiger partial charge in [-0.05, 0) is 24.6 Å². The van der Waals surface area contributed by atoms with Crippen LogP contribution < -0.4 is 10.4 Å². The maximum absolute atomic E-state index is 11.6. The number of carboxylic acids is 1. The molecular weight excluding hydrogens is 318 g/mol. The van der Waals surface area contributed by atoms with E-state index < -0.39 is 12.0 Å². The molecule has 6 heteroatoms. The summed E-state index contributed by atoms with van der Waals surface area (Å²) < 4.78 is 5.85. The minimum Gasteiger partial charge on any atom is -0.548 e. The van der Waals surface area contributed by atoms with Crippen molar-refractivity contribution in [1.29, 1.82) is 0 Å². The maximum atomic E-state index is 11.6. The number of para-hydroxylation sites is 1. The van der Waals surface area contributed by atoms with E-state index in [1.54, 1.807) is 31.2 Å². The van der Waals surface area contributed by atoms with Gasteiger partial charge in [-0.1, -0.05) is 42.5 Å². The van der Waals surface area contributed by atoms with E-state index >= 15 is 0 Å². The fourth-order valence-corrected chi connectivity index (χ4v) is 2.86. The second kappa shape index (κ2) is 5.90. The zero-order chi connectivity index (χ0) is 17.4. The lowest BCUT2D eigenvalue weighted by Gasteiger charge is -2.20. The Morgan fingerprint density at radius 2 is 1.80 bits per heavy atom. The van der Waals surface area contributed by atoms with E-state index in [9.17, 15) is 9.90 Å². The molecule has 4 rings (SSSR count). The highest BCUT2D eigenvalue weighted by Gasteiger charge is 2.19. The van der Waals surface area contributed by atoms with E-state index in [0.717, 1.165) is 5.39 Å². The van der Waals surface area contributed by atoms with Gasteiger partial charge in [0.1, 0.15) is 16.9 Å². The third kappa shape index (κ3) is 2.67. The first-order valence-electron chi connectivity index (χ1n) is 7.81. The molecule has 0 saturated heterocycles. The number of aliphatic carboxylic acids is 1. The molecule has 25 heavy (non-hydrogen) atoms. The number of carboxylic acid groups (broad SMARTS) is 1. The van der Waals surface area contributed by atoms with Crippen LogP contribution in [-0.2, 0) is 4.79 Å². The summed E-state index contributed by atoms with van der Waals surface area (Å²) in [5.74, 6) is -0.393. The zero-order valence-corrected chi connectivity index (χ0v) is 13.4. The number of benzene rings is 2. The topological polar surface area (TPSA) is 91.1 Å². The van der Waals surface area contributed by atoms with Crippen LogP contribution in [0.2, 0.25) is 0 Å². The van der Waals surface area contributed by atoms with E-state index in [2.05, 4.69) is 15.3 Å². The lowest BCUT2D eigenvalue weighted by Crippen LogP contribution is -2.34. The first kappa shape index (κ1) is 15.1. The van der Waals surface area contributed by atoms with Crippen molar-refractivity contribution >= 4 is 33.9 Å². The molecule has 0 fully saturated rings. The molecule has 0 amide bonds. The molecule has 0 saturated carbocycles. The summed E-state index contributed by atoms with van der Waals surface area (Å²) in [5.41, 5.74) is 2.32. The van der Waals surface area contributed by atoms with Gasteiger partial charge in [-0.15, -0.1) is 0 Å². The molecular formula is C19H14N3O3-. The summed E-state index contributed by atoms with van der Waals surface area (Å²) in [4.78, 5) is 20.4. The minimum atomic E-state index is -1.24. The predicted molar refractivity (Wildman–Crippen MR) is 91.9 cm³/mol. The highest BCUT2D eigenvalue weighted by Crippen LogP contribution is 2.32. The summed E-state index contributed by atoms with van der Waals surface area (Å²) in [6, 6.07) is 15.3. The Balaban J connectivity index is 1.87. The van der Waals surface area contributed by atoms with Crippen LogP contribution >= 0.6 is 0 Å². The Hall–Kier alpha value is -3.41. The molecule has 2 aromatic carbocycles. The number of anilines is 1. The van der Waals surface area contributed by atoms with Crippen LogP contribution in [0.5, 0.6) is 0 Å². The highest BCUT2D eigenvalue weighted by molar-refractivity contribution is 6.05. The van der Waals surface area contributed by atoms with Crippen molar-refractivity contribution in [2.24, 2.45) is 0 Å². The quantitative estimate of drug-likeness (QED) is 0.617. The predicted octanol–water partition coefficient (Wildman–Crippen LogP) is 2.59.